The SMILES string of the molecule is COCCCNC(=O)c1cccc(C(=O)Nc2cc(C)c(Cl)cc2OC)n1. The van der Waals surface area contributed by atoms with Gasteiger partial charge in [0.25, 0.3) is 11.8 Å². The Kier molecular flexibility index (Phi) is 7.57. The number of pyridine rings is 1. The Bertz CT molecular complexity index is 827. The van der Waals surface area contributed by atoms with Crippen LogP contribution in [0.5, 0.6) is 5.75 Å². The van der Waals surface area contributed by atoms with E-state index in [0.717, 1.165) is 5.56 Å². The van der Waals surface area contributed by atoms with Crippen LogP contribution in [0.15, 0.2) is 30.3 Å². The van der Waals surface area contributed by atoms with Crippen molar-refractivity contribution in [2.75, 3.05) is 32.7 Å². The molecule has 27 heavy (non-hydrogen) atoms. The largest absolute Gasteiger partial charge is 0.495 e. The van der Waals surface area contributed by atoms with Crippen LogP contribution < -0.4 is 15.4 Å². The third-order valence-electron chi connectivity index (χ3n) is 3.75. The normalized spacial score (nSPS) is 10.4. The van der Waals surface area contributed by atoms with Gasteiger partial charge in [-0.05, 0) is 37.1 Å². The number of carbonyl (C=O) groups excluding carboxylic acids is 2. The van der Waals surface area contributed by atoms with E-state index in [1.807, 2.05) is 6.92 Å². The third-order valence-corrected chi connectivity index (χ3v) is 4.16. The Balaban J connectivity index is 2.11. The van der Waals surface area contributed by atoms with Crippen LogP contribution in [0.25, 0.3) is 0 Å². The van der Waals surface area contributed by atoms with Crippen LogP contribution in [0.4, 0.5) is 5.69 Å². The van der Waals surface area contributed by atoms with E-state index in [1.54, 1.807) is 31.4 Å². The van der Waals surface area contributed by atoms with E-state index in [2.05, 4.69) is 15.6 Å². The molecule has 0 bridgehead atoms. The van der Waals surface area contributed by atoms with E-state index < -0.39 is 5.91 Å². The summed E-state index contributed by atoms with van der Waals surface area (Å²) in [5, 5.41) is 6.01. The number of halogens is 1. The van der Waals surface area contributed by atoms with Gasteiger partial charge in [0.2, 0.25) is 0 Å². The van der Waals surface area contributed by atoms with Gasteiger partial charge in [-0.3, -0.25) is 9.59 Å². The van der Waals surface area contributed by atoms with Crippen LogP contribution in [0.1, 0.15) is 33.0 Å². The van der Waals surface area contributed by atoms with Gasteiger partial charge in [0.15, 0.2) is 0 Å². The number of hydrogen-bond acceptors (Lipinski definition) is 5. The summed E-state index contributed by atoms with van der Waals surface area (Å²) in [5.74, 6) is -0.365. The van der Waals surface area contributed by atoms with Crippen molar-refractivity contribution in [2.45, 2.75) is 13.3 Å². The molecule has 1 aromatic carbocycles. The van der Waals surface area contributed by atoms with E-state index in [1.165, 1.54) is 13.2 Å². The quantitative estimate of drug-likeness (QED) is 0.675. The lowest BCUT2D eigenvalue weighted by Crippen LogP contribution is -2.27. The van der Waals surface area contributed by atoms with Crippen molar-refractivity contribution < 1.29 is 19.1 Å². The number of nitrogens with one attached hydrogen (secondary N) is 2. The van der Waals surface area contributed by atoms with Crippen LogP contribution in [-0.2, 0) is 4.74 Å². The monoisotopic (exact) mass is 391 g/mol. The van der Waals surface area contributed by atoms with Crippen LogP contribution in [0.2, 0.25) is 5.02 Å². The average Bonchev–Trinajstić information content (AvgIpc) is 2.67. The van der Waals surface area contributed by atoms with Gasteiger partial charge in [-0.15, -0.1) is 0 Å². The van der Waals surface area contributed by atoms with Crippen molar-refractivity contribution in [2.24, 2.45) is 0 Å². The molecule has 8 heteroatoms. The fourth-order valence-corrected chi connectivity index (χ4v) is 2.47. The van der Waals surface area contributed by atoms with Gasteiger partial charge in [-0.25, -0.2) is 4.98 Å². The number of carbonyl (C=O) groups is 2. The second kappa shape index (κ2) is 9.89. The Labute approximate surface area is 163 Å². The van der Waals surface area contributed by atoms with Gasteiger partial charge >= 0.3 is 0 Å². The minimum atomic E-state index is -0.455. The maximum Gasteiger partial charge on any atom is 0.274 e. The molecule has 144 valence electrons. The molecule has 2 N–H and O–H groups in total. The van der Waals surface area contributed by atoms with Gasteiger partial charge in [0.1, 0.15) is 17.1 Å². The summed E-state index contributed by atoms with van der Waals surface area (Å²) in [4.78, 5) is 28.8. The highest BCUT2D eigenvalue weighted by Gasteiger charge is 2.15. The van der Waals surface area contributed by atoms with E-state index in [0.29, 0.717) is 36.0 Å². The van der Waals surface area contributed by atoms with Gasteiger partial charge in [-0.1, -0.05) is 17.7 Å². The lowest BCUT2D eigenvalue weighted by molar-refractivity contribution is 0.0943. The lowest BCUT2D eigenvalue weighted by Gasteiger charge is -2.12. The second-order valence-electron chi connectivity index (χ2n) is 5.77. The van der Waals surface area contributed by atoms with Crippen molar-refractivity contribution in [3.63, 3.8) is 0 Å². The molecule has 0 spiro atoms. The van der Waals surface area contributed by atoms with Crippen molar-refractivity contribution >= 4 is 29.1 Å². The smallest absolute Gasteiger partial charge is 0.274 e. The summed E-state index contributed by atoms with van der Waals surface area (Å²) in [6.07, 6.45) is 0.693. The molecule has 0 aliphatic heterocycles. The Morgan fingerprint density at radius 3 is 2.52 bits per heavy atom. The summed E-state index contributed by atoms with van der Waals surface area (Å²) in [5.41, 5.74) is 1.55. The number of aryl methyl sites for hydroxylation is 1. The van der Waals surface area contributed by atoms with Gasteiger partial charge in [-0.2, -0.15) is 0 Å². The number of ether oxygens (including phenoxy) is 2. The zero-order valence-electron chi connectivity index (χ0n) is 15.5. The van der Waals surface area contributed by atoms with Gasteiger partial charge in [0, 0.05) is 31.4 Å². The molecule has 0 radical (unpaired) electrons. The van der Waals surface area contributed by atoms with E-state index in [4.69, 9.17) is 21.1 Å². The topological polar surface area (TPSA) is 89.5 Å². The zero-order valence-corrected chi connectivity index (χ0v) is 16.2. The van der Waals surface area contributed by atoms with Crippen LogP contribution in [-0.4, -0.2) is 44.2 Å². The Morgan fingerprint density at radius 2 is 1.85 bits per heavy atom. The average molecular weight is 392 g/mol. The first kappa shape index (κ1) is 20.7. The molecular formula is C19H22ClN3O4. The van der Waals surface area contributed by atoms with E-state index >= 15 is 0 Å². The highest BCUT2D eigenvalue weighted by Crippen LogP contribution is 2.31. The summed E-state index contributed by atoms with van der Waals surface area (Å²) >= 11 is 6.08. The van der Waals surface area contributed by atoms with Crippen molar-refractivity contribution in [3.8, 4) is 5.75 Å². The number of methoxy groups -OCH3 is 2. The molecule has 2 amide bonds. The van der Waals surface area contributed by atoms with E-state index in [9.17, 15) is 9.59 Å². The number of aromatic nitrogens is 1. The summed E-state index contributed by atoms with van der Waals surface area (Å²) in [7, 11) is 3.09. The first-order chi connectivity index (χ1) is 13.0. The maximum absolute atomic E-state index is 12.5. The highest BCUT2D eigenvalue weighted by atomic mass is 35.5. The fourth-order valence-electron chi connectivity index (χ4n) is 2.31. The number of benzene rings is 1. The number of nitrogens with zero attached hydrogens (tertiary/aromatic N) is 1. The maximum atomic E-state index is 12.5. The molecule has 0 fully saturated rings. The molecule has 0 aliphatic carbocycles. The molecular weight excluding hydrogens is 370 g/mol. The second-order valence-corrected chi connectivity index (χ2v) is 6.17. The molecule has 1 aromatic heterocycles. The van der Waals surface area contributed by atoms with Crippen molar-refractivity contribution in [1.29, 1.82) is 0 Å². The molecule has 0 unspecified atom stereocenters. The van der Waals surface area contributed by atoms with Crippen molar-refractivity contribution in [3.05, 3.63) is 52.3 Å². The molecule has 2 rings (SSSR count). The summed E-state index contributed by atoms with van der Waals surface area (Å²) in [6, 6.07) is 8.04. The number of hydrogen-bond donors (Lipinski definition) is 2. The summed E-state index contributed by atoms with van der Waals surface area (Å²) < 4.78 is 10.2. The number of amides is 2. The predicted molar refractivity (Wildman–Crippen MR) is 104 cm³/mol. The third kappa shape index (κ3) is 5.67. The molecule has 1 heterocycles. The van der Waals surface area contributed by atoms with Crippen LogP contribution in [0.3, 0.4) is 0 Å². The van der Waals surface area contributed by atoms with Gasteiger partial charge in [0.05, 0.1) is 12.8 Å². The minimum Gasteiger partial charge on any atom is -0.495 e. The molecule has 0 atom stereocenters. The highest BCUT2D eigenvalue weighted by molar-refractivity contribution is 6.31. The predicted octanol–water partition coefficient (Wildman–Crippen LogP) is 3.07. The molecule has 0 aliphatic rings. The van der Waals surface area contributed by atoms with Crippen molar-refractivity contribution in [1.82, 2.24) is 10.3 Å². The Morgan fingerprint density at radius 1 is 1.15 bits per heavy atom. The van der Waals surface area contributed by atoms with E-state index in [-0.39, 0.29) is 17.3 Å². The Hall–Kier alpha value is -2.64. The van der Waals surface area contributed by atoms with Crippen LogP contribution >= 0.6 is 11.6 Å². The first-order valence-corrected chi connectivity index (χ1v) is 8.73. The van der Waals surface area contributed by atoms with Gasteiger partial charge < -0.3 is 20.1 Å². The number of rotatable bonds is 8. The molecule has 2 aromatic rings. The molecule has 7 nitrogen and oxygen atoms in total. The van der Waals surface area contributed by atoms with Crippen LogP contribution in [0, 0.1) is 6.92 Å². The summed E-state index contributed by atoms with van der Waals surface area (Å²) in [6.45, 7) is 2.84. The standard InChI is InChI=1S/C19H22ClN3O4/c1-12-10-16(17(27-3)11-13(12)20)23-19(25)15-7-4-6-14(22-15)18(24)21-8-5-9-26-2/h4,6-7,10-11H,5,8-9H2,1-3H3,(H,21,24)(H,23,25). The molecule has 0 saturated heterocycles. The fraction of sp³-hybridized carbons (Fsp3) is 0.316. The molecule has 0 saturated carbocycles. The lowest BCUT2D eigenvalue weighted by atomic mass is 10.2. The first-order valence-electron chi connectivity index (χ1n) is 8.36. The number of anilines is 1. The minimum absolute atomic E-state index is 0.120. The zero-order chi connectivity index (χ0) is 19.8.